The van der Waals surface area contributed by atoms with Crippen LogP contribution >= 0.6 is 0 Å². The van der Waals surface area contributed by atoms with E-state index in [0.717, 1.165) is 24.3 Å². The van der Waals surface area contributed by atoms with Gasteiger partial charge in [0.05, 0.1) is 6.54 Å². The SMILES string of the molecule is Nc1ccc(CN2CCNCC2=O)cc1. The summed E-state index contributed by atoms with van der Waals surface area (Å²) in [5.74, 6) is 0.165. The first kappa shape index (κ1) is 9.98. The molecule has 0 spiro atoms. The number of hydrogen-bond donors (Lipinski definition) is 2. The van der Waals surface area contributed by atoms with Crippen molar-refractivity contribution in [1.29, 1.82) is 0 Å². The molecular weight excluding hydrogens is 190 g/mol. The predicted molar refractivity (Wildman–Crippen MR) is 59.1 cm³/mol. The smallest absolute Gasteiger partial charge is 0.236 e. The van der Waals surface area contributed by atoms with Crippen LogP contribution in [0.5, 0.6) is 0 Å². The van der Waals surface area contributed by atoms with Gasteiger partial charge >= 0.3 is 0 Å². The fraction of sp³-hybridized carbons (Fsp3) is 0.364. The maximum Gasteiger partial charge on any atom is 0.236 e. The van der Waals surface area contributed by atoms with Crippen molar-refractivity contribution in [1.82, 2.24) is 10.2 Å². The van der Waals surface area contributed by atoms with Crippen LogP contribution < -0.4 is 11.1 Å². The standard InChI is InChI=1S/C11H15N3O/c12-10-3-1-9(2-4-10)8-14-6-5-13-7-11(14)15/h1-4,13H,5-8,12H2. The van der Waals surface area contributed by atoms with Gasteiger partial charge in [0.2, 0.25) is 5.91 Å². The topological polar surface area (TPSA) is 58.4 Å². The van der Waals surface area contributed by atoms with Crippen molar-refractivity contribution in [2.45, 2.75) is 6.54 Å². The highest BCUT2D eigenvalue weighted by molar-refractivity contribution is 5.79. The molecule has 15 heavy (non-hydrogen) atoms. The van der Waals surface area contributed by atoms with Gasteiger partial charge in [-0.25, -0.2) is 0 Å². The first-order valence-electron chi connectivity index (χ1n) is 5.08. The summed E-state index contributed by atoms with van der Waals surface area (Å²) >= 11 is 0. The molecular formula is C11H15N3O. The number of nitrogens with one attached hydrogen (secondary N) is 1. The van der Waals surface area contributed by atoms with Gasteiger partial charge in [-0.15, -0.1) is 0 Å². The van der Waals surface area contributed by atoms with Crippen molar-refractivity contribution in [2.24, 2.45) is 0 Å². The monoisotopic (exact) mass is 205 g/mol. The lowest BCUT2D eigenvalue weighted by Gasteiger charge is -2.27. The molecule has 1 heterocycles. The minimum atomic E-state index is 0.165. The van der Waals surface area contributed by atoms with Gasteiger partial charge in [0.1, 0.15) is 0 Å². The highest BCUT2D eigenvalue weighted by Gasteiger charge is 2.17. The Kier molecular flexibility index (Phi) is 2.87. The largest absolute Gasteiger partial charge is 0.399 e. The maximum absolute atomic E-state index is 11.5. The average Bonchev–Trinajstić information content (AvgIpc) is 2.25. The molecule has 0 aliphatic carbocycles. The Morgan fingerprint density at radius 2 is 2.07 bits per heavy atom. The number of carbonyl (C=O) groups is 1. The van der Waals surface area contributed by atoms with Crippen LogP contribution in [0, 0.1) is 0 Å². The third-order valence-corrected chi connectivity index (χ3v) is 2.54. The zero-order valence-corrected chi connectivity index (χ0v) is 8.57. The van der Waals surface area contributed by atoms with Crippen LogP contribution in [0.15, 0.2) is 24.3 Å². The number of amides is 1. The number of piperazine rings is 1. The van der Waals surface area contributed by atoms with Crippen LogP contribution in [0.3, 0.4) is 0 Å². The van der Waals surface area contributed by atoms with Gasteiger partial charge < -0.3 is 16.0 Å². The fourth-order valence-electron chi connectivity index (χ4n) is 1.66. The molecule has 1 aliphatic heterocycles. The van der Waals surface area contributed by atoms with Crippen LogP contribution in [0.2, 0.25) is 0 Å². The zero-order valence-electron chi connectivity index (χ0n) is 8.57. The summed E-state index contributed by atoms with van der Waals surface area (Å²) in [7, 11) is 0. The number of hydrogen-bond acceptors (Lipinski definition) is 3. The Bertz CT molecular complexity index is 347. The lowest BCUT2D eigenvalue weighted by atomic mass is 10.2. The van der Waals surface area contributed by atoms with Crippen molar-refractivity contribution >= 4 is 11.6 Å². The summed E-state index contributed by atoms with van der Waals surface area (Å²) in [5, 5.41) is 3.05. The van der Waals surface area contributed by atoms with E-state index in [1.165, 1.54) is 0 Å². The van der Waals surface area contributed by atoms with Crippen molar-refractivity contribution in [2.75, 3.05) is 25.4 Å². The van der Waals surface area contributed by atoms with Gasteiger partial charge in [0.15, 0.2) is 0 Å². The fourth-order valence-corrected chi connectivity index (χ4v) is 1.66. The molecule has 1 saturated heterocycles. The highest BCUT2D eigenvalue weighted by atomic mass is 16.2. The molecule has 1 aromatic rings. The zero-order chi connectivity index (χ0) is 10.7. The van der Waals surface area contributed by atoms with E-state index in [1.807, 2.05) is 29.2 Å². The van der Waals surface area contributed by atoms with Gasteiger partial charge in [-0.05, 0) is 17.7 Å². The number of nitrogens with two attached hydrogens (primary N) is 1. The van der Waals surface area contributed by atoms with E-state index in [4.69, 9.17) is 5.73 Å². The Hall–Kier alpha value is -1.55. The van der Waals surface area contributed by atoms with Gasteiger partial charge in [-0.1, -0.05) is 12.1 Å². The van der Waals surface area contributed by atoms with Crippen molar-refractivity contribution < 1.29 is 4.79 Å². The molecule has 0 aromatic heterocycles. The van der Waals surface area contributed by atoms with Crippen LogP contribution in [0.4, 0.5) is 5.69 Å². The van der Waals surface area contributed by atoms with Gasteiger partial charge in [-0.3, -0.25) is 4.79 Å². The molecule has 0 unspecified atom stereocenters. The number of anilines is 1. The molecule has 0 bridgehead atoms. The van der Waals surface area contributed by atoms with E-state index in [0.29, 0.717) is 13.1 Å². The third kappa shape index (κ3) is 2.47. The molecule has 0 atom stereocenters. The molecule has 4 nitrogen and oxygen atoms in total. The van der Waals surface area contributed by atoms with Gasteiger partial charge in [-0.2, -0.15) is 0 Å². The lowest BCUT2D eigenvalue weighted by Crippen LogP contribution is -2.47. The summed E-state index contributed by atoms with van der Waals surface area (Å²) in [6.45, 7) is 2.79. The Labute approximate surface area is 89.1 Å². The van der Waals surface area contributed by atoms with E-state index in [-0.39, 0.29) is 5.91 Å². The Balaban J connectivity index is 2.01. The molecule has 0 saturated carbocycles. The number of nitrogen functional groups attached to an aromatic ring is 1. The summed E-state index contributed by atoms with van der Waals surface area (Å²) in [4.78, 5) is 13.4. The number of carbonyl (C=O) groups excluding carboxylic acids is 1. The summed E-state index contributed by atoms with van der Waals surface area (Å²) in [6, 6.07) is 7.65. The normalized spacial score (nSPS) is 16.8. The van der Waals surface area contributed by atoms with E-state index >= 15 is 0 Å². The first-order valence-corrected chi connectivity index (χ1v) is 5.08. The highest BCUT2D eigenvalue weighted by Crippen LogP contribution is 2.09. The first-order chi connectivity index (χ1) is 7.25. The molecule has 1 aromatic carbocycles. The molecule has 1 amide bonds. The number of benzene rings is 1. The molecule has 4 heteroatoms. The van der Waals surface area contributed by atoms with E-state index in [2.05, 4.69) is 5.32 Å². The van der Waals surface area contributed by atoms with Crippen molar-refractivity contribution in [3.8, 4) is 0 Å². The second kappa shape index (κ2) is 4.31. The molecule has 0 radical (unpaired) electrons. The van der Waals surface area contributed by atoms with Crippen molar-refractivity contribution in [3.05, 3.63) is 29.8 Å². The maximum atomic E-state index is 11.5. The Morgan fingerprint density at radius 3 is 2.73 bits per heavy atom. The summed E-state index contributed by atoms with van der Waals surface area (Å²) < 4.78 is 0. The van der Waals surface area contributed by atoms with E-state index < -0.39 is 0 Å². The van der Waals surface area contributed by atoms with Crippen LogP contribution in [-0.2, 0) is 11.3 Å². The molecule has 1 aliphatic rings. The summed E-state index contributed by atoms with van der Waals surface area (Å²) in [5.41, 5.74) is 7.48. The second-order valence-electron chi connectivity index (χ2n) is 3.73. The van der Waals surface area contributed by atoms with Crippen LogP contribution in [-0.4, -0.2) is 30.4 Å². The molecule has 2 rings (SSSR count). The van der Waals surface area contributed by atoms with E-state index in [9.17, 15) is 4.79 Å². The minimum absolute atomic E-state index is 0.165. The molecule has 80 valence electrons. The number of nitrogens with zero attached hydrogens (tertiary/aromatic N) is 1. The van der Waals surface area contributed by atoms with Crippen LogP contribution in [0.1, 0.15) is 5.56 Å². The minimum Gasteiger partial charge on any atom is -0.399 e. The lowest BCUT2D eigenvalue weighted by molar-refractivity contribution is -0.132. The number of rotatable bonds is 2. The van der Waals surface area contributed by atoms with E-state index in [1.54, 1.807) is 0 Å². The quantitative estimate of drug-likeness (QED) is 0.678. The third-order valence-electron chi connectivity index (χ3n) is 2.54. The predicted octanol–water partition coefficient (Wildman–Crippen LogP) is 0.201. The van der Waals surface area contributed by atoms with Crippen LogP contribution in [0.25, 0.3) is 0 Å². The van der Waals surface area contributed by atoms with Gasteiger partial charge in [0.25, 0.3) is 0 Å². The summed E-state index contributed by atoms with van der Waals surface area (Å²) in [6.07, 6.45) is 0. The molecule has 1 fully saturated rings. The average molecular weight is 205 g/mol. The van der Waals surface area contributed by atoms with Gasteiger partial charge in [0, 0.05) is 25.3 Å². The Morgan fingerprint density at radius 1 is 1.33 bits per heavy atom. The molecule has 3 N–H and O–H groups in total. The second-order valence-corrected chi connectivity index (χ2v) is 3.73. The van der Waals surface area contributed by atoms with Crippen molar-refractivity contribution in [3.63, 3.8) is 0 Å².